The first kappa shape index (κ1) is 9.91. The first-order valence-electron chi connectivity index (χ1n) is 4.83. The molecule has 1 aromatic carbocycles. The third-order valence-electron chi connectivity index (χ3n) is 3.11. The zero-order valence-corrected chi connectivity index (χ0v) is 10.0. The van der Waals surface area contributed by atoms with E-state index in [2.05, 4.69) is 35.8 Å². The lowest BCUT2D eigenvalue weighted by molar-refractivity contribution is 0.112. The van der Waals surface area contributed by atoms with Gasteiger partial charge in [0.2, 0.25) is 0 Å². The van der Waals surface area contributed by atoms with E-state index in [1.807, 2.05) is 6.07 Å². The second-order valence-corrected chi connectivity index (χ2v) is 5.22. The number of hydrogen-bond donors (Lipinski definition) is 0. The van der Waals surface area contributed by atoms with Gasteiger partial charge in [-0.2, -0.15) is 0 Å². The van der Waals surface area contributed by atoms with Crippen LogP contribution in [-0.2, 0) is 5.41 Å². The van der Waals surface area contributed by atoms with Gasteiger partial charge < -0.3 is 0 Å². The highest BCUT2D eigenvalue weighted by molar-refractivity contribution is 9.10. The average Bonchev–Trinajstić information content (AvgIpc) is 2.89. The summed E-state index contributed by atoms with van der Waals surface area (Å²) >= 11 is 3.45. The molecule has 0 aromatic heterocycles. The van der Waals surface area contributed by atoms with Gasteiger partial charge >= 0.3 is 0 Å². The third-order valence-corrected chi connectivity index (χ3v) is 3.96. The van der Waals surface area contributed by atoms with E-state index >= 15 is 0 Å². The minimum Gasteiger partial charge on any atom is -0.298 e. The largest absolute Gasteiger partial charge is 0.298 e. The standard InChI is InChI=1S/C12H13BrO/c1-8-5-10(12(2)3-4-12)9(7-14)6-11(8)13/h5-7H,3-4H2,1-2H3. The normalized spacial score (nSPS) is 17.9. The van der Waals surface area contributed by atoms with Crippen molar-refractivity contribution in [2.75, 3.05) is 0 Å². The van der Waals surface area contributed by atoms with Crippen LogP contribution in [0.3, 0.4) is 0 Å². The van der Waals surface area contributed by atoms with E-state index in [0.29, 0.717) is 0 Å². The lowest BCUT2D eigenvalue weighted by Gasteiger charge is -2.13. The lowest BCUT2D eigenvalue weighted by atomic mass is 9.92. The van der Waals surface area contributed by atoms with Crippen molar-refractivity contribution in [1.29, 1.82) is 0 Å². The van der Waals surface area contributed by atoms with Gasteiger partial charge in [0.05, 0.1) is 0 Å². The summed E-state index contributed by atoms with van der Waals surface area (Å²) in [7, 11) is 0. The minimum atomic E-state index is 0.266. The van der Waals surface area contributed by atoms with E-state index in [4.69, 9.17) is 0 Å². The smallest absolute Gasteiger partial charge is 0.150 e. The Morgan fingerprint density at radius 1 is 1.43 bits per heavy atom. The van der Waals surface area contributed by atoms with Gasteiger partial charge in [-0.15, -0.1) is 0 Å². The van der Waals surface area contributed by atoms with Gasteiger partial charge in [0.1, 0.15) is 6.29 Å². The molecule has 0 spiro atoms. The van der Waals surface area contributed by atoms with E-state index in [1.165, 1.54) is 24.0 Å². The summed E-state index contributed by atoms with van der Waals surface area (Å²) in [5.74, 6) is 0. The number of benzene rings is 1. The Labute approximate surface area is 92.6 Å². The SMILES string of the molecule is Cc1cc(C2(C)CC2)c(C=O)cc1Br. The number of hydrogen-bond acceptors (Lipinski definition) is 1. The van der Waals surface area contributed by atoms with E-state index in [0.717, 1.165) is 16.3 Å². The average molecular weight is 253 g/mol. The first-order chi connectivity index (χ1) is 6.57. The van der Waals surface area contributed by atoms with Gasteiger partial charge in [-0.3, -0.25) is 4.79 Å². The van der Waals surface area contributed by atoms with E-state index < -0.39 is 0 Å². The van der Waals surface area contributed by atoms with Crippen molar-refractivity contribution in [2.24, 2.45) is 0 Å². The van der Waals surface area contributed by atoms with Crippen molar-refractivity contribution in [1.82, 2.24) is 0 Å². The van der Waals surface area contributed by atoms with Crippen molar-refractivity contribution in [3.05, 3.63) is 33.3 Å². The molecule has 14 heavy (non-hydrogen) atoms. The fraction of sp³-hybridized carbons (Fsp3) is 0.417. The van der Waals surface area contributed by atoms with Crippen molar-refractivity contribution in [2.45, 2.75) is 32.1 Å². The fourth-order valence-corrected chi connectivity index (χ4v) is 2.14. The molecule has 2 rings (SSSR count). The number of carbonyl (C=O) groups is 1. The molecule has 0 N–H and O–H groups in total. The maximum absolute atomic E-state index is 10.9. The molecule has 1 aromatic rings. The van der Waals surface area contributed by atoms with Gasteiger partial charge in [0.25, 0.3) is 0 Å². The van der Waals surface area contributed by atoms with E-state index in [-0.39, 0.29) is 5.41 Å². The molecular weight excluding hydrogens is 240 g/mol. The summed E-state index contributed by atoms with van der Waals surface area (Å²) < 4.78 is 1.02. The second-order valence-electron chi connectivity index (χ2n) is 4.37. The van der Waals surface area contributed by atoms with Crippen LogP contribution in [0.2, 0.25) is 0 Å². The fourth-order valence-electron chi connectivity index (χ4n) is 1.77. The second kappa shape index (κ2) is 3.20. The Morgan fingerprint density at radius 3 is 2.57 bits per heavy atom. The molecule has 0 bridgehead atoms. The number of rotatable bonds is 2. The summed E-state index contributed by atoms with van der Waals surface area (Å²) in [6.07, 6.45) is 3.37. The van der Waals surface area contributed by atoms with Crippen LogP contribution in [0.25, 0.3) is 0 Å². The summed E-state index contributed by atoms with van der Waals surface area (Å²) in [5.41, 5.74) is 3.52. The maximum Gasteiger partial charge on any atom is 0.150 e. The van der Waals surface area contributed by atoms with Crippen LogP contribution in [0.1, 0.15) is 41.3 Å². The summed E-state index contributed by atoms with van der Waals surface area (Å²) in [6.45, 7) is 4.29. The highest BCUT2D eigenvalue weighted by atomic mass is 79.9. The number of aryl methyl sites for hydroxylation is 1. The summed E-state index contributed by atoms with van der Waals surface area (Å²) in [5, 5.41) is 0. The Balaban J connectivity index is 2.58. The minimum absolute atomic E-state index is 0.266. The van der Waals surface area contributed by atoms with Crippen LogP contribution < -0.4 is 0 Å². The zero-order chi connectivity index (χ0) is 10.3. The van der Waals surface area contributed by atoms with Crippen molar-refractivity contribution in [3.63, 3.8) is 0 Å². The molecule has 1 nitrogen and oxygen atoms in total. The van der Waals surface area contributed by atoms with Gasteiger partial charge in [0, 0.05) is 10.0 Å². The summed E-state index contributed by atoms with van der Waals surface area (Å²) in [6, 6.07) is 4.07. The molecule has 1 fully saturated rings. The van der Waals surface area contributed by atoms with Crippen LogP contribution in [0.4, 0.5) is 0 Å². The van der Waals surface area contributed by atoms with Crippen LogP contribution in [0.15, 0.2) is 16.6 Å². The maximum atomic E-state index is 10.9. The van der Waals surface area contributed by atoms with Gasteiger partial charge in [-0.1, -0.05) is 28.9 Å². The molecule has 74 valence electrons. The molecule has 0 unspecified atom stereocenters. The first-order valence-corrected chi connectivity index (χ1v) is 5.62. The molecule has 2 heteroatoms. The van der Waals surface area contributed by atoms with Crippen molar-refractivity contribution >= 4 is 22.2 Å². The Hall–Kier alpha value is -0.630. The topological polar surface area (TPSA) is 17.1 Å². The quantitative estimate of drug-likeness (QED) is 0.735. The molecule has 0 atom stereocenters. The molecule has 1 aliphatic carbocycles. The number of carbonyl (C=O) groups excluding carboxylic acids is 1. The highest BCUT2D eigenvalue weighted by Gasteiger charge is 2.40. The molecule has 0 aliphatic heterocycles. The highest BCUT2D eigenvalue weighted by Crippen LogP contribution is 2.49. The van der Waals surface area contributed by atoms with Crippen LogP contribution >= 0.6 is 15.9 Å². The van der Waals surface area contributed by atoms with Crippen LogP contribution in [0, 0.1) is 6.92 Å². The van der Waals surface area contributed by atoms with E-state index in [9.17, 15) is 4.79 Å². The Morgan fingerprint density at radius 2 is 2.07 bits per heavy atom. The summed E-state index contributed by atoms with van der Waals surface area (Å²) in [4.78, 5) is 10.9. The predicted molar refractivity (Wildman–Crippen MR) is 60.9 cm³/mol. The number of aldehydes is 1. The van der Waals surface area contributed by atoms with Gasteiger partial charge in [0.15, 0.2) is 0 Å². The van der Waals surface area contributed by atoms with E-state index in [1.54, 1.807) is 0 Å². The molecule has 1 aliphatic rings. The Kier molecular flexibility index (Phi) is 2.26. The third kappa shape index (κ3) is 1.52. The lowest BCUT2D eigenvalue weighted by Crippen LogP contribution is -2.05. The Bertz CT molecular complexity index is 392. The molecule has 0 heterocycles. The van der Waals surface area contributed by atoms with Gasteiger partial charge in [-0.25, -0.2) is 0 Å². The zero-order valence-electron chi connectivity index (χ0n) is 8.43. The predicted octanol–water partition coefficient (Wildman–Crippen LogP) is 3.62. The van der Waals surface area contributed by atoms with Crippen molar-refractivity contribution in [3.8, 4) is 0 Å². The van der Waals surface area contributed by atoms with Crippen LogP contribution in [0.5, 0.6) is 0 Å². The number of halogens is 1. The molecular formula is C12H13BrO. The molecule has 0 amide bonds. The molecule has 0 radical (unpaired) electrons. The van der Waals surface area contributed by atoms with Gasteiger partial charge in [-0.05, 0) is 42.4 Å². The van der Waals surface area contributed by atoms with Crippen molar-refractivity contribution < 1.29 is 4.79 Å². The monoisotopic (exact) mass is 252 g/mol. The molecule has 1 saturated carbocycles. The molecule has 0 saturated heterocycles. The van der Waals surface area contributed by atoms with Crippen LogP contribution in [-0.4, -0.2) is 6.29 Å².